The third kappa shape index (κ3) is 4.71. The first kappa shape index (κ1) is 16.8. The quantitative estimate of drug-likeness (QED) is 0.749. The van der Waals surface area contributed by atoms with E-state index in [0.29, 0.717) is 19.1 Å². The number of urea groups is 1. The molecule has 0 spiro atoms. The van der Waals surface area contributed by atoms with Crippen molar-refractivity contribution in [2.45, 2.75) is 44.8 Å². The van der Waals surface area contributed by atoms with Crippen molar-refractivity contribution >= 4 is 17.6 Å². The molecule has 3 rings (SSSR count). The van der Waals surface area contributed by atoms with Crippen LogP contribution in [0.25, 0.3) is 0 Å². The number of hydrogen-bond donors (Lipinski definition) is 3. The van der Waals surface area contributed by atoms with Crippen LogP contribution in [0.2, 0.25) is 0 Å². The van der Waals surface area contributed by atoms with E-state index >= 15 is 0 Å². The number of rotatable bonds is 6. The molecule has 0 radical (unpaired) electrons. The van der Waals surface area contributed by atoms with Crippen LogP contribution in [0.3, 0.4) is 0 Å². The predicted molar refractivity (Wildman–Crippen MR) is 91.6 cm³/mol. The van der Waals surface area contributed by atoms with Gasteiger partial charge in [-0.05, 0) is 49.3 Å². The van der Waals surface area contributed by atoms with E-state index in [0.717, 1.165) is 30.6 Å². The van der Waals surface area contributed by atoms with Crippen molar-refractivity contribution in [2.24, 2.45) is 5.92 Å². The molecule has 3 amide bonds. The molecule has 130 valence electrons. The van der Waals surface area contributed by atoms with Gasteiger partial charge in [0.05, 0.1) is 0 Å². The minimum atomic E-state index is -0.343. The molecule has 1 atom stereocenters. The number of carbonyl (C=O) groups is 2. The van der Waals surface area contributed by atoms with E-state index in [1.54, 1.807) is 0 Å². The molecule has 2 fully saturated rings. The van der Waals surface area contributed by atoms with E-state index in [2.05, 4.69) is 16.0 Å². The molecule has 0 bridgehead atoms. The normalized spacial score (nSPS) is 20.2. The maximum Gasteiger partial charge on any atom is 0.315 e. The van der Waals surface area contributed by atoms with Crippen molar-refractivity contribution in [3.05, 3.63) is 29.8 Å². The average Bonchev–Trinajstić information content (AvgIpc) is 3.06. The largest absolute Gasteiger partial charge is 0.368 e. The molecule has 1 unspecified atom stereocenters. The fraction of sp³-hybridized carbons (Fsp3) is 0.556. The molecule has 1 aliphatic heterocycles. The molecular formula is C18H25N3O3. The van der Waals surface area contributed by atoms with Crippen LogP contribution in [-0.4, -0.2) is 31.2 Å². The maximum absolute atomic E-state index is 12.1. The third-order valence-corrected chi connectivity index (χ3v) is 4.65. The number of ether oxygens (including phenoxy) is 1. The van der Waals surface area contributed by atoms with Gasteiger partial charge >= 0.3 is 6.03 Å². The van der Waals surface area contributed by atoms with E-state index in [-0.39, 0.29) is 18.0 Å². The highest BCUT2D eigenvalue weighted by Gasteiger charge is 2.23. The standard InChI is InChI=1S/C18H25N3O3/c22-17(16-8-3-9-24-16)21-15-7-2-6-14(10-15)12-20-18(23)19-11-13-4-1-5-13/h2,6-7,10,13,16H,1,3-5,8-9,11-12H2,(H,21,22)(H2,19,20,23). The molecule has 6 nitrogen and oxygen atoms in total. The minimum Gasteiger partial charge on any atom is -0.368 e. The van der Waals surface area contributed by atoms with E-state index in [9.17, 15) is 9.59 Å². The number of amides is 3. The van der Waals surface area contributed by atoms with Gasteiger partial charge in [0.25, 0.3) is 5.91 Å². The van der Waals surface area contributed by atoms with Gasteiger partial charge in [-0.2, -0.15) is 0 Å². The molecule has 1 aliphatic carbocycles. The zero-order valence-electron chi connectivity index (χ0n) is 13.8. The molecule has 3 N–H and O–H groups in total. The van der Waals surface area contributed by atoms with Gasteiger partial charge in [-0.1, -0.05) is 18.6 Å². The summed E-state index contributed by atoms with van der Waals surface area (Å²) in [7, 11) is 0. The van der Waals surface area contributed by atoms with Crippen LogP contribution in [0.1, 0.15) is 37.7 Å². The molecule has 1 aromatic carbocycles. The third-order valence-electron chi connectivity index (χ3n) is 4.65. The molecule has 24 heavy (non-hydrogen) atoms. The Morgan fingerprint density at radius 1 is 1.12 bits per heavy atom. The fourth-order valence-corrected chi connectivity index (χ4v) is 2.95. The van der Waals surface area contributed by atoms with Crippen molar-refractivity contribution in [2.75, 3.05) is 18.5 Å². The lowest BCUT2D eigenvalue weighted by atomic mass is 9.85. The van der Waals surface area contributed by atoms with Gasteiger partial charge in [0.1, 0.15) is 6.10 Å². The van der Waals surface area contributed by atoms with Crippen molar-refractivity contribution in [1.82, 2.24) is 10.6 Å². The second-order valence-electron chi connectivity index (χ2n) is 6.55. The lowest BCUT2D eigenvalue weighted by Crippen LogP contribution is -2.39. The van der Waals surface area contributed by atoms with Gasteiger partial charge in [0, 0.05) is 25.4 Å². The summed E-state index contributed by atoms with van der Waals surface area (Å²) in [6, 6.07) is 7.37. The van der Waals surface area contributed by atoms with E-state index in [1.807, 2.05) is 24.3 Å². The summed E-state index contributed by atoms with van der Waals surface area (Å²) in [4.78, 5) is 23.8. The summed E-state index contributed by atoms with van der Waals surface area (Å²) >= 11 is 0. The van der Waals surface area contributed by atoms with Crippen LogP contribution in [0.5, 0.6) is 0 Å². The van der Waals surface area contributed by atoms with Crippen molar-refractivity contribution < 1.29 is 14.3 Å². The lowest BCUT2D eigenvalue weighted by Gasteiger charge is -2.25. The first-order chi connectivity index (χ1) is 11.7. The van der Waals surface area contributed by atoms with Gasteiger partial charge in [-0.15, -0.1) is 0 Å². The topological polar surface area (TPSA) is 79.5 Å². The second-order valence-corrected chi connectivity index (χ2v) is 6.55. The summed E-state index contributed by atoms with van der Waals surface area (Å²) in [5, 5.41) is 8.63. The summed E-state index contributed by atoms with van der Waals surface area (Å²) < 4.78 is 5.38. The Bertz CT molecular complexity index is 581. The lowest BCUT2D eigenvalue weighted by molar-refractivity contribution is -0.124. The highest BCUT2D eigenvalue weighted by molar-refractivity contribution is 5.94. The number of carbonyl (C=O) groups excluding carboxylic acids is 2. The number of benzene rings is 1. The molecule has 6 heteroatoms. The number of hydrogen-bond acceptors (Lipinski definition) is 3. The summed E-state index contributed by atoms with van der Waals surface area (Å²) in [6.07, 6.45) is 5.06. The van der Waals surface area contributed by atoms with Gasteiger partial charge in [-0.3, -0.25) is 4.79 Å². The molecule has 1 saturated heterocycles. The first-order valence-corrected chi connectivity index (χ1v) is 8.74. The molecule has 1 aromatic rings. The Morgan fingerprint density at radius 2 is 2.00 bits per heavy atom. The van der Waals surface area contributed by atoms with Gasteiger partial charge in [0.2, 0.25) is 0 Å². The van der Waals surface area contributed by atoms with Crippen molar-refractivity contribution in [3.8, 4) is 0 Å². The van der Waals surface area contributed by atoms with Gasteiger partial charge in [-0.25, -0.2) is 4.79 Å². The molecule has 1 saturated carbocycles. The summed E-state index contributed by atoms with van der Waals surface area (Å²) in [5.74, 6) is 0.544. The Kier molecular flexibility index (Phi) is 5.69. The van der Waals surface area contributed by atoms with Crippen molar-refractivity contribution in [3.63, 3.8) is 0 Å². The summed E-state index contributed by atoms with van der Waals surface area (Å²) in [5.41, 5.74) is 1.67. The van der Waals surface area contributed by atoms with Gasteiger partial charge in [0.15, 0.2) is 0 Å². The van der Waals surface area contributed by atoms with Crippen LogP contribution in [0.15, 0.2) is 24.3 Å². The minimum absolute atomic E-state index is 0.101. The molecule has 0 aromatic heterocycles. The second kappa shape index (κ2) is 8.15. The van der Waals surface area contributed by atoms with Gasteiger partial charge < -0.3 is 20.7 Å². The van der Waals surface area contributed by atoms with E-state index < -0.39 is 0 Å². The molecule has 1 heterocycles. The number of anilines is 1. The monoisotopic (exact) mass is 331 g/mol. The first-order valence-electron chi connectivity index (χ1n) is 8.74. The Hall–Kier alpha value is -2.08. The maximum atomic E-state index is 12.1. The highest BCUT2D eigenvalue weighted by Crippen LogP contribution is 2.25. The Morgan fingerprint density at radius 3 is 2.71 bits per heavy atom. The molecular weight excluding hydrogens is 306 g/mol. The van der Waals surface area contributed by atoms with Crippen LogP contribution in [-0.2, 0) is 16.1 Å². The van der Waals surface area contributed by atoms with Crippen LogP contribution in [0.4, 0.5) is 10.5 Å². The SMILES string of the molecule is O=C(NCc1cccc(NC(=O)C2CCCO2)c1)NCC1CCC1. The fourth-order valence-electron chi connectivity index (χ4n) is 2.95. The van der Waals surface area contributed by atoms with Crippen molar-refractivity contribution in [1.29, 1.82) is 0 Å². The predicted octanol–water partition coefficient (Wildman–Crippen LogP) is 2.40. The molecule has 2 aliphatic rings. The average molecular weight is 331 g/mol. The summed E-state index contributed by atoms with van der Waals surface area (Å²) in [6.45, 7) is 1.83. The Balaban J connectivity index is 1.43. The zero-order valence-corrected chi connectivity index (χ0v) is 13.8. The smallest absolute Gasteiger partial charge is 0.315 e. The highest BCUT2D eigenvalue weighted by atomic mass is 16.5. The van der Waals surface area contributed by atoms with Crippen LogP contribution < -0.4 is 16.0 Å². The Labute approximate surface area is 142 Å². The zero-order chi connectivity index (χ0) is 16.8. The van der Waals surface area contributed by atoms with Crippen LogP contribution in [0, 0.1) is 5.92 Å². The number of nitrogens with one attached hydrogen (secondary N) is 3. The van der Waals surface area contributed by atoms with E-state index in [4.69, 9.17) is 4.74 Å². The van der Waals surface area contributed by atoms with Crippen LogP contribution >= 0.6 is 0 Å². The van der Waals surface area contributed by atoms with E-state index in [1.165, 1.54) is 19.3 Å².